The van der Waals surface area contributed by atoms with Gasteiger partial charge in [-0.3, -0.25) is 5.32 Å². The highest BCUT2D eigenvalue weighted by atomic mass is 15.2. The minimum Gasteiger partial charge on any atom is -0.302 e. The van der Waals surface area contributed by atoms with E-state index in [-0.39, 0.29) is 5.54 Å². The SMILES string of the molecule is CCNC(NC(C)(C)C)C(C)(C)CC. The summed E-state index contributed by atoms with van der Waals surface area (Å²) in [7, 11) is 0. The van der Waals surface area contributed by atoms with Gasteiger partial charge >= 0.3 is 0 Å². The average Bonchev–Trinajstić information content (AvgIpc) is 2.01. The molecule has 0 aromatic carbocycles. The van der Waals surface area contributed by atoms with E-state index in [2.05, 4.69) is 59.1 Å². The highest BCUT2D eigenvalue weighted by molar-refractivity contribution is 4.86. The van der Waals surface area contributed by atoms with Crippen LogP contribution in [0.15, 0.2) is 0 Å². The second-order valence-corrected chi connectivity index (χ2v) is 5.73. The van der Waals surface area contributed by atoms with Crippen LogP contribution in [0.3, 0.4) is 0 Å². The Kier molecular flexibility index (Phi) is 5.10. The summed E-state index contributed by atoms with van der Waals surface area (Å²) in [6.07, 6.45) is 1.56. The van der Waals surface area contributed by atoms with Gasteiger partial charge in [0.2, 0.25) is 0 Å². The number of hydrogen-bond acceptors (Lipinski definition) is 2. The smallest absolute Gasteiger partial charge is 0.0628 e. The third-order valence-electron chi connectivity index (χ3n) is 2.68. The molecule has 0 aliphatic carbocycles. The van der Waals surface area contributed by atoms with Crippen LogP contribution in [0, 0.1) is 5.41 Å². The van der Waals surface area contributed by atoms with Crippen molar-refractivity contribution in [1.82, 2.24) is 10.6 Å². The molecule has 0 bridgehead atoms. The van der Waals surface area contributed by atoms with Crippen LogP contribution in [0.5, 0.6) is 0 Å². The van der Waals surface area contributed by atoms with Crippen molar-refractivity contribution in [2.75, 3.05) is 6.54 Å². The molecule has 0 aliphatic heterocycles. The van der Waals surface area contributed by atoms with Crippen LogP contribution in [0.25, 0.3) is 0 Å². The molecule has 0 saturated heterocycles. The van der Waals surface area contributed by atoms with Crippen LogP contribution in [0.1, 0.15) is 54.9 Å². The summed E-state index contributed by atoms with van der Waals surface area (Å²) in [5.41, 5.74) is 0.461. The van der Waals surface area contributed by atoms with E-state index in [4.69, 9.17) is 0 Å². The van der Waals surface area contributed by atoms with Gasteiger partial charge in [0.1, 0.15) is 0 Å². The van der Waals surface area contributed by atoms with Gasteiger partial charge in [-0.25, -0.2) is 0 Å². The maximum absolute atomic E-state index is 3.64. The fourth-order valence-electron chi connectivity index (χ4n) is 1.36. The summed E-state index contributed by atoms with van der Waals surface area (Å²) >= 11 is 0. The van der Waals surface area contributed by atoms with E-state index in [1.54, 1.807) is 0 Å². The van der Waals surface area contributed by atoms with E-state index < -0.39 is 0 Å². The van der Waals surface area contributed by atoms with Crippen LogP contribution in [-0.2, 0) is 0 Å². The highest BCUT2D eigenvalue weighted by Gasteiger charge is 2.29. The van der Waals surface area contributed by atoms with Gasteiger partial charge in [-0.1, -0.05) is 27.7 Å². The molecule has 0 aromatic heterocycles. The van der Waals surface area contributed by atoms with Crippen LogP contribution in [0.4, 0.5) is 0 Å². The molecule has 14 heavy (non-hydrogen) atoms. The van der Waals surface area contributed by atoms with Crippen LogP contribution >= 0.6 is 0 Å². The minimum atomic E-state index is 0.166. The topological polar surface area (TPSA) is 24.1 Å². The molecule has 2 heteroatoms. The van der Waals surface area contributed by atoms with Crippen molar-refractivity contribution in [1.29, 1.82) is 0 Å². The summed E-state index contributed by atoms with van der Waals surface area (Å²) in [6, 6.07) is 0. The molecular weight excluding hydrogens is 172 g/mol. The van der Waals surface area contributed by atoms with Crippen molar-refractivity contribution in [3.63, 3.8) is 0 Å². The predicted octanol–water partition coefficient (Wildman–Crippen LogP) is 2.75. The average molecular weight is 200 g/mol. The lowest BCUT2D eigenvalue weighted by Gasteiger charge is -2.39. The minimum absolute atomic E-state index is 0.166. The summed E-state index contributed by atoms with van der Waals surface area (Å²) in [5, 5.41) is 7.16. The number of hydrogen-bond donors (Lipinski definition) is 2. The van der Waals surface area contributed by atoms with Crippen molar-refractivity contribution in [3.05, 3.63) is 0 Å². The van der Waals surface area contributed by atoms with E-state index >= 15 is 0 Å². The Labute approximate surface area is 89.9 Å². The molecule has 0 radical (unpaired) electrons. The molecule has 0 fully saturated rings. The zero-order valence-corrected chi connectivity index (χ0v) is 11.0. The molecule has 1 atom stereocenters. The number of rotatable bonds is 5. The van der Waals surface area contributed by atoms with Gasteiger partial charge in [-0.15, -0.1) is 0 Å². The normalized spacial score (nSPS) is 15.6. The van der Waals surface area contributed by atoms with E-state index in [1.165, 1.54) is 6.42 Å². The molecule has 0 spiro atoms. The monoisotopic (exact) mass is 200 g/mol. The maximum Gasteiger partial charge on any atom is 0.0628 e. The van der Waals surface area contributed by atoms with Gasteiger partial charge in [-0.2, -0.15) is 0 Å². The fraction of sp³-hybridized carbons (Fsp3) is 1.00. The Morgan fingerprint density at radius 3 is 1.79 bits per heavy atom. The predicted molar refractivity (Wildman–Crippen MR) is 64.4 cm³/mol. The van der Waals surface area contributed by atoms with Crippen LogP contribution < -0.4 is 10.6 Å². The van der Waals surface area contributed by atoms with Crippen LogP contribution in [-0.4, -0.2) is 18.2 Å². The number of nitrogens with one attached hydrogen (secondary N) is 2. The first kappa shape index (κ1) is 13.9. The van der Waals surface area contributed by atoms with Gasteiger partial charge in [0, 0.05) is 5.54 Å². The fourth-order valence-corrected chi connectivity index (χ4v) is 1.36. The lowest BCUT2D eigenvalue weighted by atomic mass is 9.85. The second kappa shape index (κ2) is 5.13. The molecule has 0 aromatic rings. The molecule has 2 N–H and O–H groups in total. The van der Waals surface area contributed by atoms with Crippen molar-refractivity contribution >= 4 is 0 Å². The molecule has 0 saturated carbocycles. The third kappa shape index (κ3) is 4.97. The Morgan fingerprint density at radius 1 is 1.00 bits per heavy atom. The van der Waals surface area contributed by atoms with Gasteiger partial charge < -0.3 is 5.32 Å². The Balaban J connectivity index is 4.44. The van der Waals surface area contributed by atoms with Crippen molar-refractivity contribution < 1.29 is 0 Å². The molecule has 1 unspecified atom stereocenters. The van der Waals surface area contributed by atoms with Crippen LogP contribution in [0.2, 0.25) is 0 Å². The standard InChI is InChI=1S/C12H28N2/c1-8-12(6,7)10(13-9-2)14-11(3,4)5/h10,13-14H,8-9H2,1-7H3. The lowest BCUT2D eigenvalue weighted by Crippen LogP contribution is -2.57. The largest absolute Gasteiger partial charge is 0.302 e. The zero-order chi connectivity index (χ0) is 11.4. The summed E-state index contributed by atoms with van der Waals surface area (Å²) < 4.78 is 0. The summed E-state index contributed by atoms with van der Waals surface area (Å²) in [4.78, 5) is 0. The van der Waals surface area contributed by atoms with Gasteiger partial charge in [0.05, 0.1) is 6.17 Å². The van der Waals surface area contributed by atoms with Crippen molar-refractivity contribution in [2.45, 2.75) is 66.6 Å². The quantitative estimate of drug-likeness (QED) is 0.667. The van der Waals surface area contributed by atoms with Gasteiger partial charge in [-0.05, 0) is 39.2 Å². The Hall–Kier alpha value is -0.0800. The lowest BCUT2D eigenvalue weighted by molar-refractivity contribution is 0.162. The van der Waals surface area contributed by atoms with Gasteiger partial charge in [0.25, 0.3) is 0 Å². The van der Waals surface area contributed by atoms with Crippen molar-refractivity contribution in [3.8, 4) is 0 Å². The molecule has 86 valence electrons. The van der Waals surface area contributed by atoms with E-state index in [0.717, 1.165) is 6.54 Å². The zero-order valence-electron chi connectivity index (χ0n) is 11.0. The Morgan fingerprint density at radius 2 is 1.50 bits per heavy atom. The first-order valence-electron chi connectivity index (χ1n) is 5.74. The van der Waals surface area contributed by atoms with E-state index in [1.807, 2.05) is 0 Å². The summed E-state index contributed by atoms with van der Waals surface area (Å²) in [6.45, 7) is 16.7. The molecule has 0 rings (SSSR count). The molecular formula is C12H28N2. The van der Waals surface area contributed by atoms with Gasteiger partial charge in [0.15, 0.2) is 0 Å². The Bertz CT molecular complexity index is 156. The third-order valence-corrected chi connectivity index (χ3v) is 2.68. The maximum atomic E-state index is 3.64. The first-order valence-corrected chi connectivity index (χ1v) is 5.74. The first-order chi connectivity index (χ1) is 6.23. The molecule has 2 nitrogen and oxygen atoms in total. The van der Waals surface area contributed by atoms with Crippen molar-refractivity contribution in [2.24, 2.45) is 5.41 Å². The molecule has 0 amide bonds. The summed E-state index contributed by atoms with van der Waals surface area (Å²) in [5.74, 6) is 0. The molecule has 0 heterocycles. The second-order valence-electron chi connectivity index (χ2n) is 5.73. The molecule has 0 aliphatic rings. The van der Waals surface area contributed by atoms with E-state index in [0.29, 0.717) is 11.6 Å². The highest BCUT2D eigenvalue weighted by Crippen LogP contribution is 2.24. The van der Waals surface area contributed by atoms with E-state index in [9.17, 15) is 0 Å².